The van der Waals surface area contributed by atoms with Gasteiger partial charge in [-0.25, -0.2) is 0 Å². The van der Waals surface area contributed by atoms with E-state index in [1.807, 2.05) is 27.7 Å². The summed E-state index contributed by atoms with van der Waals surface area (Å²) in [6.45, 7) is 7.80. The summed E-state index contributed by atoms with van der Waals surface area (Å²) >= 11 is 0. The zero-order valence-corrected chi connectivity index (χ0v) is 9.89. The molecule has 1 rings (SSSR count). The van der Waals surface area contributed by atoms with Gasteiger partial charge in [0, 0.05) is 5.41 Å². The normalized spacial score (nSPS) is 30.3. The van der Waals surface area contributed by atoms with Crippen LogP contribution in [0.25, 0.3) is 0 Å². The van der Waals surface area contributed by atoms with Crippen LogP contribution in [0.15, 0.2) is 0 Å². The summed E-state index contributed by atoms with van der Waals surface area (Å²) in [7, 11) is 0. The minimum atomic E-state index is -0.583. The maximum atomic E-state index is 11.7. The highest BCUT2D eigenvalue weighted by Gasteiger charge is 2.40. The number of nitrogens with two attached hydrogens (primary N) is 1. The Morgan fingerprint density at radius 1 is 1.27 bits per heavy atom. The average molecular weight is 212 g/mol. The first-order chi connectivity index (χ1) is 6.64. The van der Waals surface area contributed by atoms with Gasteiger partial charge >= 0.3 is 0 Å². The van der Waals surface area contributed by atoms with Gasteiger partial charge in [-0.15, -0.1) is 0 Å². The van der Waals surface area contributed by atoms with E-state index >= 15 is 0 Å². The fourth-order valence-corrected chi connectivity index (χ4v) is 2.41. The molecule has 1 atom stereocenters. The number of nitrogens with one attached hydrogen (secondary N) is 1. The molecule has 1 aliphatic heterocycles. The van der Waals surface area contributed by atoms with Crippen LogP contribution in [-0.2, 0) is 9.59 Å². The van der Waals surface area contributed by atoms with Crippen LogP contribution in [0.5, 0.6) is 0 Å². The lowest BCUT2D eigenvalue weighted by Gasteiger charge is -2.37. The van der Waals surface area contributed by atoms with Crippen molar-refractivity contribution in [3.8, 4) is 0 Å². The van der Waals surface area contributed by atoms with Crippen molar-refractivity contribution in [1.29, 1.82) is 0 Å². The molecule has 0 aromatic heterocycles. The van der Waals surface area contributed by atoms with E-state index < -0.39 is 11.5 Å². The molecular weight excluding hydrogens is 192 g/mol. The summed E-state index contributed by atoms with van der Waals surface area (Å²) < 4.78 is 0. The summed E-state index contributed by atoms with van der Waals surface area (Å²) in [6, 6.07) is -0.583. The Morgan fingerprint density at radius 2 is 1.80 bits per heavy atom. The zero-order valence-electron chi connectivity index (χ0n) is 9.89. The molecule has 0 bridgehead atoms. The molecule has 2 amide bonds. The Hall–Kier alpha value is -0.900. The summed E-state index contributed by atoms with van der Waals surface area (Å²) in [5.74, 6) is -0.587. The topological polar surface area (TPSA) is 72.2 Å². The average Bonchev–Trinajstić information content (AvgIpc) is 1.99. The molecule has 0 saturated carbocycles. The number of amides is 2. The fourth-order valence-electron chi connectivity index (χ4n) is 2.41. The van der Waals surface area contributed by atoms with Crippen LogP contribution in [0.3, 0.4) is 0 Å². The molecule has 3 N–H and O–H groups in total. The lowest BCUT2D eigenvalue weighted by Crippen LogP contribution is -2.53. The molecule has 4 nitrogen and oxygen atoms in total. The third-order valence-corrected chi connectivity index (χ3v) is 2.88. The number of carbonyl (C=O) groups excluding carboxylic acids is 2. The number of hydrogen-bond donors (Lipinski definition) is 2. The van der Waals surface area contributed by atoms with Crippen LogP contribution in [0.2, 0.25) is 0 Å². The van der Waals surface area contributed by atoms with Gasteiger partial charge in [0.25, 0.3) is 0 Å². The van der Waals surface area contributed by atoms with E-state index in [-0.39, 0.29) is 17.2 Å². The lowest BCUT2D eigenvalue weighted by atomic mass is 9.70. The second-order valence-electron chi connectivity index (χ2n) is 5.85. The van der Waals surface area contributed by atoms with Gasteiger partial charge in [0.15, 0.2) is 0 Å². The van der Waals surface area contributed by atoms with E-state index in [4.69, 9.17) is 5.73 Å². The van der Waals surface area contributed by atoms with Gasteiger partial charge in [0.2, 0.25) is 11.8 Å². The summed E-state index contributed by atoms with van der Waals surface area (Å²) in [5.41, 5.74) is 5.11. The SMILES string of the molecule is CC1(C)CC(N)C(=O)NC(=O)C(C)(C)C1. The summed E-state index contributed by atoms with van der Waals surface area (Å²) in [5, 5.41) is 2.36. The van der Waals surface area contributed by atoms with Gasteiger partial charge < -0.3 is 5.73 Å². The van der Waals surface area contributed by atoms with Crippen LogP contribution in [0.1, 0.15) is 40.5 Å². The Morgan fingerprint density at radius 3 is 2.33 bits per heavy atom. The second-order valence-corrected chi connectivity index (χ2v) is 5.85. The minimum absolute atomic E-state index is 0.0870. The van der Waals surface area contributed by atoms with E-state index in [1.54, 1.807) is 0 Å². The maximum absolute atomic E-state index is 11.7. The first-order valence-corrected chi connectivity index (χ1v) is 5.25. The number of carbonyl (C=O) groups is 2. The molecule has 0 spiro atoms. The minimum Gasteiger partial charge on any atom is -0.320 e. The third kappa shape index (κ3) is 2.78. The smallest absolute Gasteiger partial charge is 0.243 e. The van der Waals surface area contributed by atoms with Crippen LogP contribution in [0, 0.1) is 10.8 Å². The summed E-state index contributed by atoms with van der Waals surface area (Å²) in [4.78, 5) is 23.2. The predicted octanol–water partition coefficient (Wildman–Crippen LogP) is 0.803. The Balaban J connectivity index is 2.97. The van der Waals surface area contributed by atoms with E-state index in [0.29, 0.717) is 6.42 Å². The highest BCUT2D eigenvalue weighted by molar-refractivity contribution is 6.00. The van der Waals surface area contributed by atoms with Crippen molar-refractivity contribution < 1.29 is 9.59 Å². The van der Waals surface area contributed by atoms with Crippen molar-refractivity contribution in [3.63, 3.8) is 0 Å². The van der Waals surface area contributed by atoms with Gasteiger partial charge in [-0.3, -0.25) is 14.9 Å². The van der Waals surface area contributed by atoms with Gasteiger partial charge in [-0.2, -0.15) is 0 Å². The van der Waals surface area contributed by atoms with Crippen LogP contribution < -0.4 is 11.1 Å². The molecule has 0 aliphatic carbocycles. The quantitative estimate of drug-likeness (QED) is 0.583. The van der Waals surface area contributed by atoms with Gasteiger partial charge in [0.05, 0.1) is 6.04 Å². The zero-order chi connectivity index (χ0) is 11.9. The Labute approximate surface area is 90.6 Å². The van der Waals surface area contributed by atoms with Crippen LogP contribution in [0.4, 0.5) is 0 Å². The highest BCUT2D eigenvalue weighted by Crippen LogP contribution is 2.38. The van der Waals surface area contributed by atoms with Crippen molar-refractivity contribution in [2.45, 2.75) is 46.6 Å². The molecule has 1 unspecified atom stereocenters. The Bertz CT molecular complexity index is 295. The first kappa shape index (κ1) is 12.2. The van der Waals surface area contributed by atoms with Gasteiger partial charge in [-0.1, -0.05) is 27.7 Å². The van der Waals surface area contributed by atoms with E-state index in [1.165, 1.54) is 0 Å². The molecule has 0 radical (unpaired) electrons. The highest BCUT2D eigenvalue weighted by atomic mass is 16.2. The predicted molar refractivity (Wildman–Crippen MR) is 57.9 cm³/mol. The molecule has 1 aliphatic rings. The molecule has 15 heavy (non-hydrogen) atoms. The van der Waals surface area contributed by atoms with Crippen molar-refractivity contribution in [2.75, 3.05) is 0 Å². The third-order valence-electron chi connectivity index (χ3n) is 2.88. The van der Waals surface area contributed by atoms with E-state index in [0.717, 1.165) is 6.42 Å². The number of rotatable bonds is 0. The standard InChI is InChI=1S/C11H20N2O2/c1-10(2)5-7(12)8(14)13-9(15)11(3,4)6-10/h7H,5-6,12H2,1-4H3,(H,13,14,15). The molecule has 0 aromatic rings. The number of hydrogen-bond acceptors (Lipinski definition) is 3. The molecular formula is C11H20N2O2. The van der Waals surface area contributed by atoms with Crippen molar-refractivity contribution in [1.82, 2.24) is 5.32 Å². The van der Waals surface area contributed by atoms with Gasteiger partial charge in [0.1, 0.15) is 0 Å². The van der Waals surface area contributed by atoms with Crippen LogP contribution >= 0.6 is 0 Å². The van der Waals surface area contributed by atoms with E-state index in [2.05, 4.69) is 5.32 Å². The molecule has 4 heteroatoms. The van der Waals surface area contributed by atoms with Crippen molar-refractivity contribution in [3.05, 3.63) is 0 Å². The van der Waals surface area contributed by atoms with Crippen molar-refractivity contribution in [2.24, 2.45) is 16.6 Å². The first-order valence-electron chi connectivity index (χ1n) is 5.25. The molecule has 1 saturated heterocycles. The molecule has 1 fully saturated rings. The fraction of sp³-hybridized carbons (Fsp3) is 0.818. The second kappa shape index (κ2) is 3.59. The Kier molecular flexibility index (Phi) is 2.92. The van der Waals surface area contributed by atoms with Crippen molar-refractivity contribution >= 4 is 11.8 Å². The number of imide groups is 1. The van der Waals surface area contributed by atoms with E-state index in [9.17, 15) is 9.59 Å². The maximum Gasteiger partial charge on any atom is 0.243 e. The summed E-state index contributed by atoms with van der Waals surface area (Å²) in [6.07, 6.45) is 1.34. The van der Waals surface area contributed by atoms with Gasteiger partial charge in [-0.05, 0) is 18.3 Å². The molecule has 86 valence electrons. The molecule has 0 aromatic carbocycles. The lowest BCUT2D eigenvalue weighted by molar-refractivity contribution is -0.139. The largest absolute Gasteiger partial charge is 0.320 e. The monoisotopic (exact) mass is 212 g/mol. The molecule has 1 heterocycles. The van der Waals surface area contributed by atoms with Crippen LogP contribution in [-0.4, -0.2) is 17.9 Å².